The third-order valence-electron chi connectivity index (χ3n) is 4.05. The molecule has 1 heterocycles. The lowest BCUT2D eigenvalue weighted by atomic mass is 10.1. The minimum absolute atomic E-state index is 0.193. The van der Waals surface area contributed by atoms with E-state index in [1.807, 2.05) is 0 Å². The van der Waals surface area contributed by atoms with Crippen molar-refractivity contribution >= 4 is 63.5 Å². The van der Waals surface area contributed by atoms with E-state index >= 15 is 0 Å². The molecule has 1 aliphatic rings. The smallest absolute Gasteiger partial charge is 0.343 e. The summed E-state index contributed by atoms with van der Waals surface area (Å²) < 4.78 is 29.4. The molecule has 0 N–H and O–H groups in total. The van der Waals surface area contributed by atoms with Crippen LogP contribution in [0.3, 0.4) is 0 Å². The molecular weight excluding hydrogens is 465 g/mol. The maximum Gasteiger partial charge on any atom is 0.343 e. The van der Waals surface area contributed by atoms with Crippen LogP contribution in [0.5, 0.6) is 11.5 Å². The Kier molecular flexibility index (Phi) is 7.53. The second-order valence-electron chi connectivity index (χ2n) is 6.12. The molecule has 1 aliphatic heterocycles. The summed E-state index contributed by atoms with van der Waals surface area (Å²) in [5.74, 6) is -0.903. The van der Waals surface area contributed by atoms with Gasteiger partial charge in [0.25, 0.3) is 5.91 Å². The summed E-state index contributed by atoms with van der Waals surface area (Å²) in [6, 6.07) is 8.85. The van der Waals surface area contributed by atoms with E-state index in [1.54, 1.807) is 31.2 Å². The topological polar surface area (TPSA) is 65.1 Å². The molecule has 1 amide bonds. The predicted molar refractivity (Wildman–Crippen MR) is 122 cm³/mol. The Labute approximate surface area is 192 Å². The molecule has 2 aromatic rings. The molecule has 0 atom stereocenters. The number of carbonyl (C=O) groups excluding carboxylic acids is 2. The highest BCUT2D eigenvalue weighted by Crippen LogP contribution is 2.40. The molecule has 0 unspecified atom stereocenters. The molecule has 0 spiro atoms. The first-order valence-corrected chi connectivity index (χ1v) is 10.6. The zero-order valence-electron chi connectivity index (χ0n) is 16.5. The fourth-order valence-electron chi connectivity index (χ4n) is 2.72. The van der Waals surface area contributed by atoms with Gasteiger partial charge in [0, 0.05) is 0 Å². The number of thioether (sulfide) groups is 1. The van der Waals surface area contributed by atoms with E-state index in [1.165, 1.54) is 30.2 Å². The Morgan fingerprint density at radius 2 is 2.06 bits per heavy atom. The molecule has 1 saturated heterocycles. The maximum absolute atomic E-state index is 13.6. The summed E-state index contributed by atoms with van der Waals surface area (Å²) in [5.41, 5.74) is 0.920. The van der Waals surface area contributed by atoms with E-state index < -0.39 is 11.8 Å². The minimum Gasteiger partial charge on any atom is -0.490 e. The van der Waals surface area contributed by atoms with E-state index in [0.717, 1.165) is 11.8 Å². The molecule has 0 saturated carbocycles. The van der Waals surface area contributed by atoms with Crippen molar-refractivity contribution in [2.45, 2.75) is 6.92 Å². The molecule has 10 heteroatoms. The van der Waals surface area contributed by atoms with Crippen molar-refractivity contribution in [1.29, 1.82) is 0 Å². The third kappa shape index (κ3) is 5.36. The predicted octanol–water partition coefficient (Wildman–Crippen LogP) is 4.84. The number of amides is 1. The van der Waals surface area contributed by atoms with Gasteiger partial charge in [-0.25, -0.2) is 9.18 Å². The molecule has 31 heavy (non-hydrogen) atoms. The highest BCUT2D eigenvalue weighted by Gasteiger charge is 2.33. The fraction of sp³-hybridized carbons (Fsp3) is 0.190. The van der Waals surface area contributed by atoms with E-state index in [2.05, 4.69) is 4.74 Å². The molecule has 0 bridgehead atoms. The van der Waals surface area contributed by atoms with Gasteiger partial charge in [-0.2, -0.15) is 0 Å². The van der Waals surface area contributed by atoms with Gasteiger partial charge < -0.3 is 14.2 Å². The fourth-order valence-corrected chi connectivity index (χ4v) is 4.29. The van der Waals surface area contributed by atoms with Crippen molar-refractivity contribution in [2.75, 3.05) is 25.2 Å². The van der Waals surface area contributed by atoms with Crippen LogP contribution in [0.2, 0.25) is 5.02 Å². The second kappa shape index (κ2) is 10.1. The number of nitrogens with zero attached hydrogens (tertiary/aromatic N) is 1. The van der Waals surface area contributed by atoms with E-state index in [-0.39, 0.29) is 27.6 Å². The number of thiocarbonyl (C=S) groups is 1. The monoisotopic (exact) mass is 481 g/mol. The van der Waals surface area contributed by atoms with Gasteiger partial charge in [-0.3, -0.25) is 9.69 Å². The van der Waals surface area contributed by atoms with Crippen LogP contribution in [0.4, 0.5) is 10.1 Å². The van der Waals surface area contributed by atoms with Crippen LogP contribution in [-0.2, 0) is 14.3 Å². The number of hydrogen-bond acceptors (Lipinski definition) is 7. The van der Waals surface area contributed by atoms with Gasteiger partial charge in [0.2, 0.25) is 0 Å². The molecule has 0 aliphatic carbocycles. The van der Waals surface area contributed by atoms with Crippen LogP contribution < -0.4 is 14.4 Å². The highest BCUT2D eigenvalue weighted by molar-refractivity contribution is 8.27. The summed E-state index contributed by atoms with van der Waals surface area (Å²) in [4.78, 5) is 25.9. The first-order chi connectivity index (χ1) is 14.8. The standard InChI is InChI=1S/C21H17ClFNO5S2/c1-3-28-16-8-12(7-15(22)19(16)29-11-18(25)27-2)9-17-20(26)24(21(30)31-17)14-6-4-5-13(23)10-14/h4-10H,3,11H2,1-2H3/b17-9+. The van der Waals surface area contributed by atoms with Gasteiger partial charge in [0.1, 0.15) is 5.82 Å². The number of carbonyl (C=O) groups is 2. The SMILES string of the molecule is CCOc1cc(/C=C2/SC(=S)N(c3cccc(F)c3)C2=O)cc(Cl)c1OCC(=O)OC. The van der Waals surface area contributed by atoms with Crippen molar-refractivity contribution in [1.82, 2.24) is 0 Å². The zero-order valence-corrected chi connectivity index (χ0v) is 18.9. The molecule has 2 aromatic carbocycles. The van der Waals surface area contributed by atoms with Crippen molar-refractivity contribution < 1.29 is 28.2 Å². The summed E-state index contributed by atoms with van der Waals surface area (Å²) in [5, 5.41) is 0.196. The number of halogens is 2. The Bertz CT molecular complexity index is 1080. The van der Waals surface area contributed by atoms with Gasteiger partial charge in [0.05, 0.1) is 29.3 Å². The van der Waals surface area contributed by atoms with Crippen LogP contribution in [0.15, 0.2) is 41.3 Å². The molecule has 3 rings (SSSR count). The largest absolute Gasteiger partial charge is 0.490 e. The van der Waals surface area contributed by atoms with E-state index in [9.17, 15) is 14.0 Å². The van der Waals surface area contributed by atoms with Gasteiger partial charge in [-0.05, 0) is 48.9 Å². The van der Waals surface area contributed by atoms with Crippen molar-refractivity contribution in [3.8, 4) is 11.5 Å². The van der Waals surface area contributed by atoms with Gasteiger partial charge in [-0.1, -0.05) is 41.6 Å². The van der Waals surface area contributed by atoms with E-state index in [4.69, 9.17) is 33.3 Å². The maximum atomic E-state index is 13.6. The molecule has 1 fully saturated rings. The lowest BCUT2D eigenvalue weighted by Gasteiger charge is -2.14. The Morgan fingerprint density at radius 3 is 2.74 bits per heavy atom. The van der Waals surface area contributed by atoms with Crippen LogP contribution in [0.25, 0.3) is 6.08 Å². The van der Waals surface area contributed by atoms with Crippen LogP contribution in [0.1, 0.15) is 12.5 Å². The first kappa shape index (κ1) is 23.1. The molecular formula is C21H17ClFNO5S2. The number of hydrogen-bond donors (Lipinski definition) is 0. The number of benzene rings is 2. The molecule has 6 nitrogen and oxygen atoms in total. The number of rotatable bonds is 7. The van der Waals surface area contributed by atoms with Crippen LogP contribution in [-0.4, -0.2) is 36.5 Å². The Hall–Kier alpha value is -2.62. The number of ether oxygens (including phenoxy) is 3. The highest BCUT2D eigenvalue weighted by atomic mass is 35.5. The lowest BCUT2D eigenvalue weighted by Crippen LogP contribution is -2.27. The Balaban J connectivity index is 1.91. The molecule has 0 radical (unpaired) electrons. The summed E-state index contributed by atoms with van der Waals surface area (Å²) in [6.07, 6.45) is 1.61. The van der Waals surface area contributed by atoms with Crippen molar-refractivity contribution in [3.63, 3.8) is 0 Å². The minimum atomic E-state index is -0.566. The van der Waals surface area contributed by atoms with Crippen LogP contribution >= 0.6 is 35.6 Å². The number of methoxy groups -OCH3 is 1. The van der Waals surface area contributed by atoms with Gasteiger partial charge in [0.15, 0.2) is 22.4 Å². The lowest BCUT2D eigenvalue weighted by molar-refractivity contribution is -0.142. The summed E-state index contributed by atoms with van der Waals surface area (Å²) >= 11 is 12.7. The average Bonchev–Trinajstić information content (AvgIpc) is 3.00. The Morgan fingerprint density at radius 1 is 1.29 bits per heavy atom. The summed E-state index contributed by atoms with van der Waals surface area (Å²) in [7, 11) is 1.25. The van der Waals surface area contributed by atoms with Gasteiger partial charge in [-0.15, -0.1) is 0 Å². The van der Waals surface area contributed by atoms with Gasteiger partial charge >= 0.3 is 5.97 Å². The van der Waals surface area contributed by atoms with Crippen molar-refractivity contribution in [3.05, 3.63) is 57.7 Å². The number of esters is 1. The van der Waals surface area contributed by atoms with E-state index in [0.29, 0.717) is 28.5 Å². The first-order valence-electron chi connectivity index (χ1n) is 9.03. The quantitative estimate of drug-likeness (QED) is 0.318. The molecule has 162 valence electrons. The third-order valence-corrected chi connectivity index (χ3v) is 5.63. The summed E-state index contributed by atoms with van der Waals surface area (Å²) in [6.45, 7) is 1.78. The molecule has 0 aromatic heterocycles. The average molecular weight is 482 g/mol. The van der Waals surface area contributed by atoms with Crippen LogP contribution in [0, 0.1) is 5.82 Å². The second-order valence-corrected chi connectivity index (χ2v) is 8.21. The normalized spacial score (nSPS) is 14.8. The zero-order chi connectivity index (χ0) is 22.5. The van der Waals surface area contributed by atoms with Crippen molar-refractivity contribution in [2.24, 2.45) is 0 Å². The number of anilines is 1.